The molecular weight excluding hydrogens is 352 g/mol. The van der Waals surface area contributed by atoms with E-state index in [2.05, 4.69) is 9.97 Å². The maximum absolute atomic E-state index is 9.73. The van der Waals surface area contributed by atoms with E-state index in [0.717, 1.165) is 35.7 Å². The lowest BCUT2D eigenvalue weighted by Crippen LogP contribution is -2.20. The third-order valence-electron chi connectivity index (χ3n) is 4.83. The van der Waals surface area contributed by atoms with Crippen molar-refractivity contribution in [3.05, 3.63) is 58.3 Å². The molecule has 1 aliphatic carbocycles. The van der Waals surface area contributed by atoms with Crippen LogP contribution in [0.4, 0.5) is 5.82 Å². The monoisotopic (exact) mass is 368 g/mol. The molecule has 7 heteroatoms. The van der Waals surface area contributed by atoms with Crippen molar-refractivity contribution in [2.75, 3.05) is 4.90 Å². The minimum absolute atomic E-state index is 0.195. The van der Waals surface area contributed by atoms with Crippen molar-refractivity contribution in [2.45, 2.75) is 38.5 Å². The normalized spacial score (nSPS) is 16.2. The van der Waals surface area contributed by atoms with Gasteiger partial charge in [0.15, 0.2) is 0 Å². The SMILES string of the molecule is OCc1c(Cl)nc(C2CC2)nc1N1Cc2nc(-c3ccccc3)oc2C1. The topological polar surface area (TPSA) is 75.3 Å². The maximum Gasteiger partial charge on any atom is 0.226 e. The molecule has 2 aromatic heterocycles. The van der Waals surface area contributed by atoms with E-state index in [1.54, 1.807) is 0 Å². The lowest BCUT2D eigenvalue weighted by atomic mass is 10.2. The first kappa shape index (κ1) is 15.8. The Morgan fingerprint density at radius 2 is 1.92 bits per heavy atom. The van der Waals surface area contributed by atoms with Crippen LogP contribution in [0.15, 0.2) is 34.7 Å². The second-order valence-electron chi connectivity index (χ2n) is 6.72. The van der Waals surface area contributed by atoms with Crippen molar-refractivity contribution in [3.63, 3.8) is 0 Å². The Hall–Kier alpha value is -2.44. The molecule has 0 radical (unpaired) electrons. The summed E-state index contributed by atoms with van der Waals surface area (Å²) in [7, 11) is 0. The van der Waals surface area contributed by atoms with Gasteiger partial charge in [-0.25, -0.2) is 15.0 Å². The first-order valence-corrected chi connectivity index (χ1v) is 9.07. The first-order chi connectivity index (χ1) is 12.7. The second kappa shape index (κ2) is 6.07. The average molecular weight is 369 g/mol. The molecule has 3 aromatic rings. The van der Waals surface area contributed by atoms with E-state index in [1.807, 2.05) is 35.2 Å². The van der Waals surface area contributed by atoms with Gasteiger partial charge in [0.2, 0.25) is 5.89 Å². The highest BCUT2D eigenvalue weighted by molar-refractivity contribution is 6.30. The van der Waals surface area contributed by atoms with Gasteiger partial charge in [-0.2, -0.15) is 0 Å². The summed E-state index contributed by atoms with van der Waals surface area (Å²) < 4.78 is 5.97. The lowest BCUT2D eigenvalue weighted by Gasteiger charge is -2.20. The maximum atomic E-state index is 9.73. The quantitative estimate of drug-likeness (QED) is 0.708. The van der Waals surface area contributed by atoms with Crippen LogP contribution in [-0.4, -0.2) is 20.1 Å². The fraction of sp³-hybridized carbons (Fsp3) is 0.316. The van der Waals surface area contributed by atoms with Gasteiger partial charge in [0.1, 0.15) is 28.2 Å². The van der Waals surface area contributed by atoms with E-state index >= 15 is 0 Å². The number of halogens is 1. The van der Waals surface area contributed by atoms with Crippen molar-refractivity contribution in [1.82, 2.24) is 15.0 Å². The summed E-state index contributed by atoms with van der Waals surface area (Å²) in [4.78, 5) is 15.7. The molecule has 0 atom stereocenters. The molecule has 26 heavy (non-hydrogen) atoms. The second-order valence-corrected chi connectivity index (χ2v) is 7.08. The van der Waals surface area contributed by atoms with Gasteiger partial charge in [0.25, 0.3) is 0 Å². The van der Waals surface area contributed by atoms with Crippen LogP contribution >= 0.6 is 11.6 Å². The zero-order chi connectivity index (χ0) is 17.7. The molecule has 1 aromatic carbocycles. The van der Waals surface area contributed by atoms with E-state index in [1.165, 1.54) is 0 Å². The fourth-order valence-corrected chi connectivity index (χ4v) is 3.51. The molecule has 1 N–H and O–H groups in total. The highest BCUT2D eigenvalue weighted by atomic mass is 35.5. The number of hydrogen-bond acceptors (Lipinski definition) is 6. The summed E-state index contributed by atoms with van der Waals surface area (Å²) in [6.45, 7) is 0.940. The number of oxazole rings is 1. The number of aromatic nitrogens is 3. The molecule has 132 valence electrons. The lowest BCUT2D eigenvalue weighted by molar-refractivity contribution is 0.281. The molecule has 0 saturated heterocycles. The van der Waals surface area contributed by atoms with Gasteiger partial charge in [-0.05, 0) is 25.0 Å². The Kier molecular flexibility index (Phi) is 3.69. The summed E-state index contributed by atoms with van der Waals surface area (Å²) in [6.07, 6.45) is 2.19. The molecule has 1 saturated carbocycles. The predicted molar refractivity (Wildman–Crippen MR) is 96.8 cm³/mol. The van der Waals surface area contributed by atoms with Crippen LogP contribution in [0.5, 0.6) is 0 Å². The highest BCUT2D eigenvalue weighted by Crippen LogP contribution is 2.41. The van der Waals surface area contributed by atoms with Crippen LogP contribution in [0.2, 0.25) is 5.15 Å². The Balaban J connectivity index is 1.46. The van der Waals surface area contributed by atoms with E-state index in [4.69, 9.17) is 21.0 Å². The van der Waals surface area contributed by atoms with Crippen LogP contribution in [0, 0.1) is 0 Å². The van der Waals surface area contributed by atoms with Crippen LogP contribution in [0.3, 0.4) is 0 Å². The zero-order valence-electron chi connectivity index (χ0n) is 14.0. The third kappa shape index (κ3) is 2.66. The van der Waals surface area contributed by atoms with Crippen LogP contribution in [0.25, 0.3) is 11.5 Å². The fourth-order valence-electron chi connectivity index (χ4n) is 3.28. The summed E-state index contributed by atoms with van der Waals surface area (Å²) in [6, 6.07) is 9.86. The summed E-state index contributed by atoms with van der Waals surface area (Å²) >= 11 is 6.30. The molecule has 0 bridgehead atoms. The third-order valence-corrected chi connectivity index (χ3v) is 5.14. The van der Waals surface area contributed by atoms with Crippen LogP contribution in [0.1, 0.15) is 41.6 Å². The van der Waals surface area contributed by atoms with Crippen molar-refractivity contribution < 1.29 is 9.52 Å². The summed E-state index contributed by atoms with van der Waals surface area (Å²) in [5.41, 5.74) is 2.42. The highest BCUT2D eigenvalue weighted by Gasteiger charge is 2.32. The molecule has 5 rings (SSSR count). The molecular formula is C19H17ClN4O2. The van der Waals surface area contributed by atoms with Crippen molar-refractivity contribution in [3.8, 4) is 11.5 Å². The van der Waals surface area contributed by atoms with Crippen LogP contribution < -0.4 is 4.90 Å². The van der Waals surface area contributed by atoms with Gasteiger partial charge < -0.3 is 14.4 Å². The molecule has 0 unspecified atom stereocenters. The minimum Gasteiger partial charge on any atom is -0.439 e. The summed E-state index contributed by atoms with van der Waals surface area (Å²) in [5, 5.41) is 10.1. The summed E-state index contributed by atoms with van der Waals surface area (Å²) in [5.74, 6) is 3.31. The van der Waals surface area contributed by atoms with E-state index in [-0.39, 0.29) is 6.61 Å². The van der Waals surface area contributed by atoms with E-state index in [0.29, 0.717) is 41.4 Å². The molecule has 1 fully saturated rings. The van der Waals surface area contributed by atoms with Crippen LogP contribution in [-0.2, 0) is 19.7 Å². The number of hydrogen-bond donors (Lipinski definition) is 1. The standard InChI is InChI=1S/C19H17ClN4O2/c20-16-13(10-25)18(23-17(22-16)11-6-7-11)24-8-14-15(9-24)26-19(21-14)12-4-2-1-3-5-12/h1-5,11,25H,6-10H2. The Labute approximate surface area is 155 Å². The van der Waals surface area contributed by atoms with Gasteiger partial charge in [0, 0.05) is 11.5 Å². The Morgan fingerprint density at radius 1 is 1.12 bits per heavy atom. The molecule has 0 amide bonds. The number of rotatable bonds is 4. The number of fused-ring (bicyclic) bond motifs is 1. The number of benzene rings is 1. The predicted octanol–water partition coefficient (Wildman–Crippen LogP) is 3.67. The minimum atomic E-state index is -0.195. The zero-order valence-corrected chi connectivity index (χ0v) is 14.8. The van der Waals surface area contributed by atoms with Gasteiger partial charge in [-0.3, -0.25) is 0 Å². The largest absolute Gasteiger partial charge is 0.439 e. The van der Waals surface area contributed by atoms with Gasteiger partial charge in [0.05, 0.1) is 25.3 Å². The number of aliphatic hydroxyl groups is 1. The smallest absolute Gasteiger partial charge is 0.226 e. The van der Waals surface area contributed by atoms with E-state index < -0.39 is 0 Å². The van der Waals surface area contributed by atoms with Gasteiger partial charge >= 0.3 is 0 Å². The number of aliphatic hydroxyl groups excluding tert-OH is 1. The molecule has 6 nitrogen and oxygen atoms in total. The van der Waals surface area contributed by atoms with Crippen molar-refractivity contribution >= 4 is 17.4 Å². The van der Waals surface area contributed by atoms with Gasteiger partial charge in [-0.1, -0.05) is 29.8 Å². The number of anilines is 1. The van der Waals surface area contributed by atoms with Crippen molar-refractivity contribution in [2.24, 2.45) is 0 Å². The average Bonchev–Trinajstić information content (AvgIpc) is 3.32. The van der Waals surface area contributed by atoms with E-state index in [9.17, 15) is 5.11 Å². The molecule has 0 spiro atoms. The number of nitrogens with zero attached hydrogens (tertiary/aromatic N) is 4. The Bertz CT molecular complexity index is 946. The van der Waals surface area contributed by atoms with Crippen molar-refractivity contribution in [1.29, 1.82) is 0 Å². The first-order valence-electron chi connectivity index (χ1n) is 8.69. The Morgan fingerprint density at radius 3 is 2.62 bits per heavy atom. The molecule has 2 aliphatic rings. The molecule has 1 aliphatic heterocycles. The molecule has 3 heterocycles. The van der Waals surface area contributed by atoms with Gasteiger partial charge in [-0.15, -0.1) is 0 Å².